The van der Waals surface area contributed by atoms with Crippen molar-refractivity contribution in [2.75, 3.05) is 25.5 Å². The van der Waals surface area contributed by atoms with Crippen LogP contribution in [0, 0.1) is 5.82 Å². The number of anilines is 1. The van der Waals surface area contributed by atoms with Gasteiger partial charge in [-0.1, -0.05) is 11.6 Å². The maximum atomic E-state index is 13.4. The summed E-state index contributed by atoms with van der Waals surface area (Å²) in [4.78, 5) is 44.8. The fourth-order valence-corrected chi connectivity index (χ4v) is 4.05. The Morgan fingerprint density at radius 1 is 1.37 bits per heavy atom. The van der Waals surface area contributed by atoms with Gasteiger partial charge in [0.2, 0.25) is 0 Å². The number of carbonyl (C=O) groups is 3. The second-order valence-electron chi connectivity index (χ2n) is 8.44. The van der Waals surface area contributed by atoms with E-state index in [1.807, 2.05) is 0 Å². The standard InChI is InChI=1S/C22H25ClFN5O6/c1-12(2)34-22(32)33-11-14-9-29-19(20(30)27(3)35-14)15-10-28(7-6-18(15)26-29)21(31)25-13-4-5-17(24)16(23)8-13/h4-5,8,12,14H,6-7,9-11H2,1-3H3,(H,25,31). The van der Waals surface area contributed by atoms with E-state index in [1.54, 1.807) is 13.8 Å². The van der Waals surface area contributed by atoms with Gasteiger partial charge in [-0.2, -0.15) is 5.10 Å². The van der Waals surface area contributed by atoms with Crippen LogP contribution in [0.1, 0.15) is 35.6 Å². The molecule has 3 heterocycles. The normalized spacial score (nSPS) is 17.5. The lowest BCUT2D eigenvalue weighted by molar-refractivity contribution is -0.162. The van der Waals surface area contributed by atoms with Gasteiger partial charge in [-0.15, -0.1) is 0 Å². The Bertz CT molecular complexity index is 1160. The molecule has 4 rings (SSSR count). The van der Waals surface area contributed by atoms with E-state index in [0.717, 1.165) is 5.06 Å². The zero-order valence-corrected chi connectivity index (χ0v) is 20.2. The highest BCUT2D eigenvalue weighted by atomic mass is 35.5. The molecule has 1 atom stereocenters. The van der Waals surface area contributed by atoms with Crippen molar-refractivity contribution in [3.63, 3.8) is 0 Å². The van der Waals surface area contributed by atoms with Crippen LogP contribution in [0.15, 0.2) is 18.2 Å². The summed E-state index contributed by atoms with van der Waals surface area (Å²) in [6, 6.07) is 3.49. The highest BCUT2D eigenvalue weighted by molar-refractivity contribution is 6.31. The van der Waals surface area contributed by atoms with Gasteiger partial charge in [-0.3, -0.25) is 14.3 Å². The van der Waals surface area contributed by atoms with Gasteiger partial charge >= 0.3 is 12.2 Å². The summed E-state index contributed by atoms with van der Waals surface area (Å²) in [7, 11) is 1.46. The number of carbonyl (C=O) groups excluding carboxylic acids is 3. The molecule has 2 aliphatic rings. The number of rotatable bonds is 4. The summed E-state index contributed by atoms with van der Waals surface area (Å²) >= 11 is 5.79. The third-order valence-electron chi connectivity index (χ3n) is 5.45. The SMILES string of the molecule is CC(C)OC(=O)OCC1Cn2nc3c(c2C(=O)N(C)O1)CN(C(=O)Nc1ccc(F)c(Cl)c1)CC3. The maximum absolute atomic E-state index is 13.4. The van der Waals surface area contributed by atoms with Crippen molar-refractivity contribution in [3.8, 4) is 0 Å². The number of urea groups is 1. The number of ether oxygens (including phenoxy) is 2. The van der Waals surface area contributed by atoms with E-state index in [4.69, 9.17) is 25.9 Å². The van der Waals surface area contributed by atoms with Crippen molar-refractivity contribution in [2.24, 2.45) is 0 Å². The van der Waals surface area contributed by atoms with Crippen LogP contribution in [-0.2, 0) is 33.8 Å². The molecule has 1 unspecified atom stereocenters. The van der Waals surface area contributed by atoms with E-state index >= 15 is 0 Å². The van der Waals surface area contributed by atoms with Gasteiger partial charge in [0.15, 0.2) is 0 Å². The quantitative estimate of drug-likeness (QED) is 0.629. The Labute approximate surface area is 205 Å². The molecule has 11 nitrogen and oxygen atoms in total. The predicted molar refractivity (Wildman–Crippen MR) is 121 cm³/mol. The number of fused-ring (bicyclic) bond motifs is 3. The van der Waals surface area contributed by atoms with Gasteiger partial charge in [0.05, 0.1) is 29.9 Å². The Morgan fingerprint density at radius 2 is 2.14 bits per heavy atom. The summed E-state index contributed by atoms with van der Waals surface area (Å²) in [6.07, 6.45) is -1.39. The van der Waals surface area contributed by atoms with E-state index < -0.39 is 30.0 Å². The van der Waals surface area contributed by atoms with Gasteiger partial charge in [0, 0.05) is 31.3 Å². The first-order valence-electron chi connectivity index (χ1n) is 11.0. The first kappa shape index (κ1) is 24.7. The number of hydrogen-bond donors (Lipinski definition) is 1. The van der Waals surface area contributed by atoms with Crippen molar-refractivity contribution in [1.29, 1.82) is 0 Å². The van der Waals surface area contributed by atoms with E-state index in [9.17, 15) is 18.8 Å². The largest absolute Gasteiger partial charge is 0.508 e. The lowest BCUT2D eigenvalue weighted by atomic mass is 10.1. The zero-order valence-electron chi connectivity index (χ0n) is 19.4. The summed E-state index contributed by atoms with van der Waals surface area (Å²) in [6.45, 7) is 3.95. The minimum absolute atomic E-state index is 0.102. The minimum atomic E-state index is -0.828. The number of nitrogens with one attached hydrogen (secondary N) is 1. The molecule has 2 aromatic rings. The fraction of sp³-hybridized carbons (Fsp3) is 0.455. The predicted octanol–water partition coefficient (Wildman–Crippen LogP) is 3.21. The topological polar surface area (TPSA) is 115 Å². The number of hydroxylamine groups is 2. The van der Waals surface area contributed by atoms with E-state index in [2.05, 4.69) is 10.4 Å². The average Bonchev–Trinajstić information content (AvgIpc) is 3.10. The van der Waals surface area contributed by atoms with Gasteiger partial charge in [-0.25, -0.2) is 19.0 Å². The van der Waals surface area contributed by atoms with Crippen LogP contribution >= 0.6 is 11.6 Å². The number of halogens is 2. The van der Waals surface area contributed by atoms with Gasteiger partial charge in [0.1, 0.15) is 24.2 Å². The van der Waals surface area contributed by atoms with Crippen molar-refractivity contribution >= 4 is 35.4 Å². The molecule has 0 bridgehead atoms. The van der Waals surface area contributed by atoms with Gasteiger partial charge in [0.25, 0.3) is 5.91 Å². The molecule has 0 fully saturated rings. The maximum Gasteiger partial charge on any atom is 0.508 e. The third-order valence-corrected chi connectivity index (χ3v) is 5.74. The van der Waals surface area contributed by atoms with Crippen molar-refractivity contribution < 1.29 is 33.1 Å². The molecular weight excluding hydrogens is 485 g/mol. The van der Waals surface area contributed by atoms with Gasteiger partial charge < -0.3 is 19.7 Å². The molecule has 1 N–H and O–H groups in total. The lowest BCUT2D eigenvalue weighted by Crippen LogP contribution is -2.39. The zero-order chi connectivity index (χ0) is 25.3. The number of nitrogens with zero attached hydrogens (tertiary/aromatic N) is 4. The van der Waals surface area contributed by atoms with E-state index in [0.29, 0.717) is 35.6 Å². The first-order valence-corrected chi connectivity index (χ1v) is 11.4. The van der Waals surface area contributed by atoms with Gasteiger partial charge in [-0.05, 0) is 32.0 Å². The highest BCUT2D eigenvalue weighted by Gasteiger charge is 2.36. The van der Waals surface area contributed by atoms with Crippen molar-refractivity contribution in [1.82, 2.24) is 19.7 Å². The van der Waals surface area contributed by atoms with Crippen LogP contribution in [-0.4, -0.2) is 70.2 Å². The monoisotopic (exact) mass is 509 g/mol. The molecule has 1 aromatic heterocycles. The molecule has 13 heteroatoms. The second-order valence-corrected chi connectivity index (χ2v) is 8.85. The smallest absolute Gasteiger partial charge is 0.432 e. The van der Waals surface area contributed by atoms with Crippen LogP contribution in [0.25, 0.3) is 0 Å². The lowest BCUT2D eigenvalue weighted by Gasteiger charge is -2.27. The molecule has 0 aliphatic carbocycles. The molecular formula is C22H25ClFN5O6. The molecule has 35 heavy (non-hydrogen) atoms. The first-order chi connectivity index (χ1) is 16.6. The van der Waals surface area contributed by atoms with Crippen LogP contribution in [0.2, 0.25) is 5.02 Å². The van der Waals surface area contributed by atoms with Crippen LogP contribution in [0.3, 0.4) is 0 Å². The Balaban J connectivity index is 1.48. The van der Waals surface area contributed by atoms with E-state index in [-0.39, 0.29) is 30.8 Å². The number of amides is 3. The molecule has 0 spiro atoms. The van der Waals surface area contributed by atoms with Crippen LogP contribution < -0.4 is 5.32 Å². The molecule has 0 saturated heterocycles. The molecule has 1 aromatic carbocycles. The summed E-state index contributed by atoms with van der Waals surface area (Å²) in [5.41, 5.74) is 1.97. The number of aromatic nitrogens is 2. The Hall–Kier alpha value is -3.38. The third kappa shape index (κ3) is 5.49. The van der Waals surface area contributed by atoms with Crippen molar-refractivity contribution in [2.45, 2.75) is 45.6 Å². The molecule has 0 saturated carbocycles. The van der Waals surface area contributed by atoms with Crippen LogP contribution in [0.4, 0.5) is 19.7 Å². The molecule has 3 amide bonds. The molecule has 2 aliphatic heterocycles. The molecule has 0 radical (unpaired) electrons. The summed E-state index contributed by atoms with van der Waals surface area (Å²) in [5, 5.41) is 8.22. The van der Waals surface area contributed by atoms with Crippen molar-refractivity contribution in [3.05, 3.63) is 46.0 Å². The summed E-state index contributed by atoms with van der Waals surface area (Å²) < 4.78 is 25.0. The molecule has 188 valence electrons. The second kappa shape index (κ2) is 10.1. The highest BCUT2D eigenvalue weighted by Crippen LogP contribution is 2.27. The number of hydrogen-bond acceptors (Lipinski definition) is 7. The summed E-state index contributed by atoms with van der Waals surface area (Å²) in [5.74, 6) is -1.01. The van der Waals surface area contributed by atoms with Crippen LogP contribution in [0.5, 0.6) is 0 Å². The average molecular weight is 510 g/mol. The number of benzene rings is 1. The Kier molecular flexibility index (Phi) is 7.13. The fourth-order valence-electron chi connectivity index (χ4n) is 3.87. The minimum Gasteiger partial charge on any atom is -0.432 e. The Morgan fingerprint density at radius 3 is 2.86 bits per heavy atom. The van der Waals surface area contributed by atoms with E-state index in [1.165, 1.54) is 34.8 Å².